The van der Waals surface area contributed by atoms with Crippen LogP contribution in [0.5, 0.6) is 0 Å². The number of amides is 3. The van der Waals surface area contributed by atoms with Gasteiger partial charge in [-0.25, -0.2) is 4.98 Å². The van der Waals surface area contributed by atoms with Crippen LogP contribution in [0.3, 0.4) is 0 Å². The zero-order valence-corrected chi connectivity index (χ0v) is 18.5. The van der Waals surface area contributed by atoms with E-state index >= 15 is 0 Å². The number of carbonyl (C=O) groups excluding carboxylic acids is 3. The van der Waals surface area contributed by atoms with E-state index in [1.165, 1.54) is 11.3 Å². The fraction of sp³-hybridized carbons (Fsp3) is 0.478. The van der Waals surface area contributed by atoms with Crippen LogP contribution >= 0.6 is 11.3 Å². The van der Waals surface area contributed by atoms with Crippen molar-refractivity contribution in [2.24, 2.45) is 11.1 Å². The molecule has 3 amide bonds. The van der Waals surface area contributed by atoms with Gasteiger partial charge in [0.1, 0.15) is 0 Å². The minimum Gasteiger partial charge on any atom is -0.370 e. The summed E-state index contributed by atoms with van der Waals surface area (Å²) in [5.74, 6) is -0.563. The van der Waals surface area contributed by atoms with Gasteiger partial charge >= 0.3 is 0 Å². The summed E-state index contributed by atoms with van der Waals surface area (Å²) in [4.78, 5) is 43.2. The molecule has 1 aromatic heterocycles. The van der Waals surface area contributed by atoms with Crippen molar-refractivity contribution >= 4 is 34.2 Å². The summed E-state index contributed by atoms with van der Waals surface area (Å²) in [6.07, 6.45) is 7.21. The van der Waals surface area contributed by atoms with Gasteiger partial charge in [0.25, 0.3) is 0 Å². The lowest BCUT2D eigenvalue weighted by Crippen LogP contribution is -2.39. The lowest BCUT2D eigenvalue weighted by atomic mass is 9.69. The van der Waals surface area contributed by atoms with Crippen molar-refractivity contribution in [3.8, 4) is 0 Å². The standard InChI is InChI=1S/C23H30N4O3S/c24-19(28)9-13-27(17-18-7-3-1-4-8-18)21(30)16-23(10-5-2-6-11-23)15-20(29)26-22-25-12-14-31-22/h1,3-4,7-8,12,14H,2,5-6,9-11,13,15-17H2,(H2,24,28)(H,25,26,29). The fourth-order valence-electron chi connectivity index (χ4n) is 4.28. The van der Waals surface area contributed by atoms with Crippen LogP contribution in [0, 0.1) is 5.41 Å². The van der Waals surface area contributed by atoms with Crippen LogP contribution < -0.4 is 11.1 Å². The summed E-state index contributed by atoms with van der Waals surface area (Å²) in [7, 11) is 0. The molecule has 0 unspecified atom stereocenters. The first-order valence-corrected chi connectivity index (χ1v) is 11.6. The van der Waals surface area contributed by atoms with Crippen LogP contribution in [0.1, 0.15) is 56.9 Å². The topological polar surface area (TPSA) is 105 Å². The van der Waals surface area contributed by atoms with E-state index in [0.717, 1.165) is 37.7 Å². The first kappa shape index (κ1) is 22.9. The van der Waals surface area contributed by atoms with Gasteiger partial charge in [-0.05, 0) is 23.8 Å². The summed E-state index contributed by atoms with van der Waals surface area (Å²) in [5, 5.41) is 5.25. The van der Waals surface area contributed by atoms with Crippen molar-refractivity contribution in [2.75, 3.05) is 11.9 Å². The minimum absolute atomic E-state index is 0.0333. The number of nitrogens with two attached hydrogens (primary N) is 1. The molecule has 1 heterocycles. The summed E-state index contributed by atoms with van der Waals surface area (Å²) in [6, 6.07) is 9.71. The Morgan fingerprint density at radius 1 is 1.10 bits per heavy atom. The molecule has 0 atom stereocenters. The molecule has 3 rings (SSSR count). The number of aromatic nitrogens is 1. The molecule has 0 radical (unpaired) electrons. The van der Waals surface area contributed by atoms with Gasteiger partial charge in [-0.2, -0.15) is 0 Å². The maximum atomic E-state index is 13.4. The molecule has 7 nitrogen and oxygen atoms in total. The predicted molar refractivity (Wildman–Crippen MR) is 121 cm³/mol. The Morgan fingerprint density at radius 2 is 1.84 bits per heavy atom. The van der Waals surface area contributed by atoms with E-state index in [1.807, 2.05) is 35.7 Å². The molecule has 31 heavy (non-hydrogen) atoms. The van der Waals surface area contributed by atoms with Crippen LogP contribution in [0.25, 0.3) is 0 Å². The maximum Gasteiger partial charge on any atom is 0.226 e. The number of hydrogen-bond acceptors (Lipinski definition) is 5. The van der Waals surface area contributed by atoms with E-state index in [-0.39, 0.29) is 30.2 Å². The van der Waals surface area contributed by atoms with E-state index in [4.69, 9.17) is 5.73 Å². The Labute approximate surface area is 187 Å². The van der Waals surface area contributed by atoms with Crippen LogP contribution in [0.4, 0.5) is 5.13 Å². The van der Waals surface area contributed by atoms with Crippen LogP contribution in [0.2, 0.25) is 0 Å². The molecule has 0 bridgehead atoms. The molecule has 1 saturated carbocycles. The number of primary amides is 1. The molecule has 3 N–H and O–H groups in total. The molecule has 1 aliphatic rings. The maximum absolute atomic E-state index is 13.4. The zero-order valence-electron chi connectivity index (χ0n) is 17.7. The van der Waals surface area contributed by atoms with E-state index in [1.54, 1.807) is 11.1 Å². The molecule has 0 aliphatic heterocycles. The van der Waals surface area contributed by atoms with Gasteiger partial charge in [0.05, 0.1) is 0 Å². The summed E-state index contributed by atoms with van der Waals surface area (Å²) >= 11 is 1.38. The molecule has 1 aromatic carbocycles. The van der Waals surface area contributed by atoms with Crippen LogP contribution in [0.15, 0.2) is 41.9 Å². The average molecular weight is 443 g/mol. The largest absolute Gasteiger partial charge is 0.370 e. The SMILES string of the molecule is NC(=O)CCN(Cc1ccccc1)C(=O)CC1(CC(=O)Nc2nccs2)CCCCC1. The predicted octanol–water partition coefficient (Wildman–Crippen LogP) is 3.72. The second kappa shape index (κ2) is 11.0. The van der Waals surface area contributed by atoms with Crippen molar-refractivity contribution in [2.45, 2.75) is 57.9 Å². The Hall–Kier alpha value is -2.74. The highest BCUT2D eigenvalue weighted by atomic mass is 32.1. The van der Waals surface area contributed by atoms with Crippen molar-refractivity contribution in [1.82, 2.24) is 9.88 Å². The van der Waals surface area contributed by atoms with E-state index in [9.17, 15) is 14.4 Å². The fourth-order valence-corrected chi connectivity index (χ4v) is 4.83. The summed E-state index contributed by atoms with van der Waals surface area (Å²) < 4.78 is 0. The summed E-state index contributed by atoms with van der Waals surface area (Å²) in [6.45, 7) is 0.707. The van der Waals surface area contributed by atoms with Gasteiger partial charge in [0.15, 0.2) is 5.13 Å². The molecule has 0 saturated heterocycles. The zero-order chi connectivity index (χ0) is 22.1. The molecule has 166 valence electrons. The number of benzene rings is 1. The van der Waals surface area contributed by atoms with Crippen molar-refractivity contribution < 1.29 is 14.4 Å². The molecular weight excluding hydrogens is 412 g/mol. The minimum atomic E-state index is -0.430. The summed E-state index contributed by atoms with van der Waals surface area (Å²) in [5.41, 5.74) is 5.98. The van der Waals surface area contributed by atoms with Gasteiger partial charge in [-0.15, -0.1) is 11.3 Å². The van der Waals surface area contributed by atoms with Crippen molar-refractivity contribution in [3.05, 3.63) is 47.5 Å². The second-order valence-corrected chi connectivity index (χ2v) is 9.21. The van der Waals surface area contributed by atoms with E-state index < -0.39 is 5.91 Å². The third kappa shape index (κ3) is 7.17. The number of hydrogen-bond donors (Lipinski definition) is 2. The van der Waals surface area contributed by atoms with Gasteiger partial charge < -0.3 is 16.0 Å². The lowest BCUT2D eigenvalue weighted by molar-refractivity contribution is -0.136. The van der Waals surface area contributed by atoms with Gasteiger partial charge in [0, 0.05) is 43.9 Å². The average Bonchev–Trinajstić information content (AvgIpc) is 3.25. The van der Waals surface area contributed by atoms with Crippen molar-refractivity contribution in [1.29, 1.82) is 0 Å². The molecule has 8 heteroatoms. The number of nitrogens with one attached hydrogen (secondary N) is 1. The first-order valence-electron chi connectivity index (χ1n) is 10.8. The van der Waals surface area contributed by atoms with E-state index in [2.05, 4.69) is 10.3 Å². The Balaban J connectivity index is 1.71. The number of thiazole rings is 1. The lowest BCUT2D eigenvalue weighted by Gasteiger charge is -2.38. The Morgan fingerprint density at radius 3 is 2.48 bits per heavy atom. The quantitative estimate of drug-likeness (QED) is 0.585. The normalized spacial score (nSPS) is 15.2. The number of carbonyl (C=O) groups is 3. The number of rotatable bonds is 10. The van der Waals surface area contributed by atoms with Crippen LogP contribution in [-0.2, 0) is 20.9 Å². The molecular formula is C23H30N4O3S. The molecule has 0 spiro atoms. The van der Waals surface area contributed by atoms with Crippen molar-refractivity contribution in [3.63, 3.8) is 0 Å². The van der Waals surface area contributed by atoms with Crippen LogP contribution in [-0.4, -0.2) is 34.2 Å². The third-order valence-corrected chi connectivity index (χ3v) is 6.54. The molecule has 2 aromatic rings. The highest BCUT2D eigenvalue weighted by Crippen LogP contribution is 2.43. The Bertz CT molecular complexity index is 864. The highest BCUT2D eigenvalue weighted by molar-refractivity contribution is 7.13. The Kier molecular flexibility index (Phi) is 8.17. The third-order valence-electron chi connectivity index (χ3n) is 5.85. The second-order valence-electron chi connectivity index (χ2n) is 8.32. The monoisotopic (exact) mass is 442 g/mol. The smallest absolute Gasteiger partial charge is 0.226 e. The van der Waals surface area contributed by atoms with E-state index in [0.29, 0.717) is 24.5 Å². The first-order chi connectivity index (χ1) is 15.0. The number of anilines is 1. The van der Waals surface area contributed by atoms with Gasteiger partial charge in [-0.1, -0.05) is 49.6 Å². The highest BCUT2D eigenvalue weighted by Gasteiger charge is 2.37. The number of nitrogens with zero attached hydrogens (tertiary/aromatic N) is 2. The molecule has 1 fully saturated rings. The van der Waals surface area contributed by atoms with Gasteiger partial charge in [0.2, 0.25) is 17.7 Å². The molecule has 1 aliphatic carbocycles. The van der Waals surface area contributed by atoms with Gasteiger partial charge in [-0.3, -0.25) is 14.4 Å².